The third-order valence-corrected chi connectivity index (χ3v) is 4.22. The van der Waals surface area contributed by atoms with Gasteiger partial charge < -0.3 is 25.4 Å². The Hall–Kier alpha value is -2.51. The topological polar surface area (TPSA) is 71.6 Å². The minimum Gasteiger partial charge on any atom is -0.494 e. The number of amides is 1. The molecule has 1 amide bonds. The Bertz CT molecular complexity index is 828. The Kier molecular flexibility index (Phi) is 8.35. The summed E-state index contributed by atoms with van der Waals surface area (Å²) in [5, 5.41) is 9.72. The minimum absolute atomic E-state index is 0.121. The molecule has 0 aliphatic carbocycles. The molecule has 0 fully saturated rings. The lowest BCUT2D eigenvalue weighted by atomic mass is 10.2. The number of carbonyl (C=O) groups excluding carboxylic acids is 1. The normalized spacial score (nSPS) is 10.1. The Morgan fingerprint density at radius 1 is 1.07 bits per heavy atom. The van der Waals surface area contributed by atoms with Crippen molar-refractivity contribution in [2.45, 2.75) is 26.7 Å². The van der Waals surface area contributed by atoms with Crippen LogP contribution in [0.3, 0.4) is 0 Å². The second-order valence-electron chi connectivity index (χ2n) is 6.02. The van der Waals surface area contributed by atoms with Crippen molar-refractivity contribution in [3.05, 3.63) is 41.4 Å². The molecule has 6 nitrogen and oxygen atoms in total. The third-order valence-electron chi connectivity index (χ3n) is 3.72. The van der Waals surface area contributed by atoms with Gasteiger partial charge in [-0.3, -0.25) is 4.79 Å². The fourth-order valence-corrected chi connectivity index (χ4v) is 2.81. The Morgan fingerprint density at radius 2 is 1.71 bits per heavy atom. The number of ether oxygens (including phenoxy) is 2. The molecule has 8 heteroatoms. The van der Waals surface area contributed by atoms with E-state index in [4.69, 9.17) is 33.3 Å². The van der Waals surface area contributed by atoms with E-state index in [1.807, 2.05) is 12.1 Å². The summed E-state index contributed by atoms with van der Waals surface area (Å²) in [6.07, 6.45) is 1.99. The van der Waals surface area contributed by atoms with E-state index < -0.39 is 0 Å². The number of nitrogens with one attached hydrogen (secondary N) is 3. The number of carbonyl (C=O) groups is 1. The van der Waals surface area contributed by atoms with E-state index in [2.05, 4.69) is 22.9 Å². The van der Waals surface area contributed by atoms with Crippen LogP contribution >= 0.6 is 23.8 Å². The van der Waals surface area contributed by atoms with Crippen LogP contribution in [-0.4, -0.2) is 24.7 Å². The van der Waals surface area contributed by atoms with Crippen LogP contribution in [0.25, 0.3) is 0 Å². The summed E-state index contributed by atoms with van der Waals surface area (Å²) in [4.78, 5) is 11.1. The lowest BCUT2D eigenvalue weighted by molar-refractivity contribution is -0.114. The SMILES string of the molecule is CCCCOc1cc(OC)c(NC(=S)Nc2ccc(NC(C)=O)cc2)cc1Cl. The van der Waals surface area contributed by atoms with Gasteiger partial charge in [0.15, 0.2) is 5.11 Å². The van der Waals surface area contributed by atoms with Crippen LogP contribution in [0.4, 0.5) is 17.1 Å². The molecular formula is C20H24ClN3O3S. The first-order chi connectivity index (χ1) is 13.4. The highest BCUT2D eigenvalue weighted by Crippen LogP contribution is 2.36. The van der Waals surface area contributed by atoms with E-state index in [0.717, 1.165) is 18.5 Å². The zero-order valence-corrected chi connectivity index (χ0v) is 17.7. The predicted molar refractivity (Wildman–Crippen MR) is 119 cm³/mol. The van der Waals surface area contributed by atoms with Gasteiger partial charge in [-0.2, -0.15) is 0 Å². The molecule has 0 aromatic heterocycles. The molecule has 0 unspecified atom stereocenters. The molecule has 0 bridgehead atoms. The molecule has 2 aromatic carbocycles. The highest BCUT2D eigenvalue weighted by atomic mass is 35.5. The maximum absolute atomic E-state index is 11.1. The molecule has 28 heavy (non-hydrogen) atoms. The van der Waals surface area contributed by atoms with Crippen LogP contribution < -0.4 is 25.4 Å². The molecule has 0 atom stereocenters. The van der Waals surface area contributed by atoms with Gasteiger partial charge in [0.05, 0.1) is 24.4 Å². The van der Waals surface area contributed by atoms with Gasteiger partial charge in [-0.1, -0.05) is 24.9 Å². The monoisotopic (exact) mass is 421 g/mol. The van der Waals surface area contributed by atoms with Crippen molar-refractivity contribution in [2.24, 2.45) is 0 Å². The fourth-order valence-electron chi connectivity index (χ4n) is 2.36. The Balaban J connectivity index is 2.04. The van der Waals surface area contributed by atoms with Gasteiger partial charge in [0.25, 0.3) is 0 Å². The summed E-state index contributed by atoms with van der Waals surface area (Å²) in [5.74, 6) is 1.02. The lowest BCUT2D eigenvalue weighted by Crippen LogP contribution is -2.19. The van der Waals surface area contributed by atoms with Gasteiger partial charge in [-0.25, -0.2) is 0 Å². The molecule has 150 valence electrons. The maximum atomic E-state index is 11.1. The summed E-state index contributed by atoms with van der Waals surface area (Å²) < 4.78 is 11.1. The number of benzene rings is 2. The molecule has 0 saturated heterocycles. The fraction of sp³-hybridized carbons (Fsp3) is 0.300. The second kappa shape index (κ2) is 10.7. The number of anilines is 3. The second-order valence-corrected chi connectivity index (χ2v) is 6.84. The van der Waals surface area contributed by atoms with Crippen LogP contribution in [-0.2, 0) is 4.79 Å². The highest BCUT2D eigenvalue weighted by molar-refractivity contribution is 7.80. The van der Waals surface area contributed by atoms with Crippen molar-refractivity contribution in [1.29, 1.82) is 0 Å². The molecule has 0 aliphatic rings. The summed E-state index contributed by atoms with van der Waals surface area (Å²) in [5.41, 5.74) is 2.11. The van der Waals surface area contributed by atoms with Crippen LogP contribution in [0.2, 0.25) is 5.02 Å². The van der Waals surface area contributed by atoms with Crippen molar-refractivity contribution >= 4 is 51.9 Å². The summed E-state index contributed by atoms with van der Waals surface area (Å²) in [7, 11) is 1.57. The van der Waals surface area contributed by atoms with E-state index in [9.17, 15) is 4.79 Å². The maximum Gasteiger partial charge on any atom is 0.221 e. The first-order valence-electron chi connectivity index (χ1n) is 8.89. The van der Waals surface area contributed by atoms with Crippen molar-refractivity contribution < 1.29 is 14.3 Å². The molecule has 0 radical (unpaired) electrons. The van der Waals surface area contributed by atoms with E-state index in [1.54, 1.807) is 31.4 Å². The average molecular weight is 422 g/mol. The van der Waals surface area contributed by atoms with Crippen molar-refractivity contribution in [3.63, 3.8) is 0 Å². The smallest absolute Gasteiger partial charge is 0.221 e. The molecule has 2 rings (SSSR count). The van der Waals surface area contributed by atoms with Gasteiger partial charge in [0.1, 0.15) is 11.5 Å². The van der Waals surface area contributed by atoms with E-state index in [1.165, 1.54) is 6.92 Å². The first kappa shape index (κ1) is 21.8. The number of thiocarbonyl (C=S) groups is 1. The quantitative estimate of drug-likeness (QED) is 0.397. The lowest BCUT2D eigenvalue weighted by Gasteiger charge is -2.16. The van der Waals surface area contributed by atoms with Crippen LogP contribution in [0.1, 0.15) is 26.7 Å². The van der Waals surface area contributed by atoms with Crippen LogP contribution in [0, 0.1) is 0 Å². The molecular weight excluding hydrogens is 398 g/mol. The van der Waals surface area contributed by atoms with Gasteiger partial charge in [0, 0.05) is 24.4 Å². The summed E-state index contributed by atoms with van der Waals surface area (Å²) in [6.45, 7) is 4.16. The Morgan fingerprint density at radius 3 is 2.29 bits per heavy atom. The van der Waals surface area contributed by atoms with Crippen LogP contribution in [0.15, 0.2) is 36.4 Å². The average Bonchev–Trinajstić information content (AvgIpc) is 2.64. The zero-order chi connectivity index (χ0) is 20.5. The Labute approximate surface area is 175 Å². The van der Waals surface area contributed by atoms with Crippen molar-refractivity contribution in [2.75, 3.05) is 29.7 Å². The molecule has 0 aliphatic heterocycles. The van der Waals surface area contributed by atoms with Crippen LogP contribution in [0.5, 0.6) is 11.5 Å². The number of hydrogen-bond donors (Lipinski definition) is 3. The number of unbranched alkanes of at least 4 members (excludes halogenated alkanes) is 1. The third kappa shape index (κ3) is 6.58. The summed E-state index contributed by atoms with van der Waals surface area (Å²) in [6, 6.07) is 10.7. The van der Waals surface area contributed by atoms with Gasteiger partial charge in [0.2, 0.25) is 5.91 Å². The molecule has 0 saturated carbocycles. The number of hydrogen-bond acceptors (Lipinski definition) is 4. The van der Waals surface area contributed by atoms with Crippen molar-refractivity contribution in [1.82, 2.24) is 0 Å². The zero-order valence-electron chi connectivity index (χ0n) is 16.1. The first-order valence-corrected chi connectivity index (χ1v) is 9.67. The van der Waals surface area contributed by atoms with Gasteiger partial charge in [-0.15, -0.1) is 0 Å². The highest BCUT2D eigenvalue weighted by Gasteiger charge is 2.12. The minimum atomic E-state index is -0.121. The summed E-state index contributed by atoms with van der Waals surface area (Å²) >= 11 is 11.7. The van der Waals surface area contributed by atoms with Gasteiger partial charge in [-0.05, 0) is 49.0 Å². The molecule has 0 heterocycles. The largest absolute Gasteiger partial charge is 0.494 e. The van der Waals surface area contributed by atoms with E-state index in [0.29, 0.717) is 39.6 Å². The van der Waals surface area contributed by atoms with Crippen molar-refractivity contribution in [3.8, 4) is 11.5 Å². The molecule has 3 N–H and O–H groups in total. The number of methoxy groups -OCH3 is 1. The molecule has 2 aromatic rings. The molecule has 0 spiro atoms. The van der Waals surface area contributed by atoms with E-state index in [-0.39, 0.29) is 5.91 Å². The van der Waals surface area contributed by atoms with E-state index >= 15 is 0 Å². The number of halogens is 1. The standard InChI is InChI=1S/C20H24ClN3O3S/c1-4-5-10-27-18-12-19(26-3)17(11-16(18)21)24-20(28)23-15-8-6-14(7-9-15)22-13(2)25/h6-9,11-12H,4-5,10H2,1-3H3,(H,22,25)(H2,23,24,28). The number of rotatable bonds is 8. The van der Waals surface area contributed by atoms with Gasteiger partial charge >= 0.3 is 0 Å². The predicted octanol–water partition coefficient (Wildman–Crippen LogP) is 5.29.